The molecule has 4 rings (SSSR count). The Balaban J connectivity index is 1.78. The lowest BCUT2D eigenvalue weighted by Crippen LogP contribution is -2.05. The normalized spacial score (nSPS) is 15.0. The molecule has 1 saturated carbocycles. The van der Waals surface area contributed by atoms with E-state index in [1.54, 1.807) is 11.8 Å². The zero-order chi connectivity index (χ0) is 17.6. The van der Waals surface area contributed by atoms with Crippen LogP contribution in [0.4, 0.5) is 13.2 Å². The largest absolute Gasteiger partial charge is 0.416 e. The Bertz CT molecular complexity index is 931. The minimum atomic E-state index is -4.40. The van der Waals surface area contributed by atoms with Crippen LogP contribution in [0.15, 0.2) is 35.4 Å². The molecule has 2 aromatic heterocycles. The first-order valence-electron chi connectivity index (χ1n) is 8.03. The number of hydrogen-bond acceptors (Lipinski definition) is 4. The molecule has 0 spiro atoms. The second-order valence-corrected chi connectivity index (χ2v) is 7.29. The van der Waals surface area contributed by atoms with E-state index in [0.717, 1.165) is 22.8 Å². The first-order valence-corrected chi connectivity index (χ1v) is 9.01. The Morgan fingerprint density at radius 3 is 2.60 bits per heavy atom. The van der Waals surface area contributed by atoms with Gasteiger partial charge < -0.3 is 0 Å². The van der Waals surface area contributed by atoms with Crippen LogP contribution in [0.3, 0.4) is 0 Å². The molecular formula is C17H15F3N4S. The summed E-state index contributed by atoms with van der Waals surface area (Å²) in [6.07, 6.45) is -0.212. The predicted molar refractivity (Wildman–Crippen MR) is 90.0 cm³/mol. The standard InChI is InChI=1S/C17H15F3N4S/c1-2-25-15-7-11(10-3-4-10)9-21-16(15)24-22-13-6-5-12(17(18,19)20)8-14(13)23-24/h5-10H,2-4H2,1H3. The number of halogens is 3. The third kappa shape index (κ3) is 3.22. The van der Waals surface area contributed by atoms with Gasteiger partial charge in [0.2, 0.25) is 0 Å². The Labute approximate surface area is 146 Å². The molecule has 8 heteroatoms. The number of alkyl halides is 3. The molecule has 25 heavy (non-hydrogen) atoms. The molecule has 0 saturated heterocycles. The van der Waals surface area contributed by atoms with Gasteiger partial charge in [-0.05, 0) is 54.3 Å². The second-order valence-electron chi connectivity index (χ2n) is 5.99. The summed E-state index contributed by atoms with van der Waals surface area (Å²) in [5, 5.41) is 8.52. The third-order valence-corrected chi connectivity index (χ3v) is 5.00. The number of benzene rings is 1. The number of fused-ring (bicyclic) bond motifs is 1. The molecule has 0 N–H and O–H groups in total. The van der Waals surface area contributed by atoms with Gasteiger partial charge in [-0.3, -0.25) is 0 Å². The van der Waals surface area contributed by atoms with Crippen molar-refractivity contribution in [2.45, 2.75) is 36.8 Å². The van der Waals surface area contributed by atoms with Crippen molar-refractivity contribution in [3.8, 4) is 5.82 Å². The van der Waals surface area contributed by atoms with E-state index in [-0.39, 0.29) is 5.52 Å². The smallest absolute Gasteiger partial charge is 0.234 e. The van der Waals surface area contributed by atoms with Crippen molar-refractivity contribution in [2.75, 3.05) is 5.75 Å². The molecule has 0 unspecified atom stereocenters. The third-order valence-electron chi connectivity index (χ3n) is 4.10. The molecule has 2 heterocycles. The maximum atomic E-state index is 12.9. The average Bonchev–Trinajstić information content (AvgIpc) is 3.33. The Morgan fingerprint density at radius 2 is 1.92 bits per heavy atom. The van der Waals surface area contributed by atoms with Gasteiger partial charge in [0, 0.05) is 6.20 Å². The van der Waals surface area contributed by atoms with Gasteiger partial charge in [0.25, 0.3) is 0 Å². The molecule has 1 aliphatic carbocycles. The van der Waals surface area contributed by atoms with E-state index >= 15 is 0 Å². The molecule has 1 aliphatic rings. The molecule has 1 aromatic carbocycles. The summed E-state index contributed by atoms with van der Waals surface area (Å²) in [7, 11) is 0. The lowest BCUT2D eigenvalue weighted by molar-refractivity contribution is -0.137. The van der Waals surface area contributed by atoms with Crippen LogP contribution in [0.1, 0.15) is 36.8 Å². The van der Waals surface area contributed by atoms with Crippen LogP contribution in [-0.4, -0.2) is 25.7 Å². The van der Waals surface area contributed by atoms with Crippen molar-refractivity contribution in [2.24, 2.45) is 0 Å². The number of nitrogens with zero attached hydrogens (tertiary/aromatic N) is 4. The van der Waals surface area contributed by atoms with Gasteiger partial charge in [0.05, 0.1) is 10.5 Å². The fraction of sp³-hybridized carbons (Fsp3) is 0.353. The van der Waals surface area contributed by atoms with Crippen LogP contribution >= 0.6 is 11.8 Å². The van der Waals surface area contributed by atoms with E-state index in [4.69, 9.17) is 0 Å². The van der Waals surface area contributed by atoms with Crippen molar-refractivity contribution in [1.29, 1.82) is 0 Å². The molecule has 3 aromatic rings. The summed E-state index contributed by atoms with van der Waals surface area (Å²) in [5.74, 6) is 2.00. The Hall–Kier alpha value is -2.09. The zero-order valence-corrected chi connectivity index (χ0v) is 14.2. The Kier molecular flexibility index (Phi) is 3.94. The van der Waals surface area contributed by atoms with Crippen molar-refractivity contribution in [3.63, 3.8) is 0 Å². The van der Waals surface area contributed by atoms with Gasteiger partial charge in [-0.1, -0.05) is 6.92 Å². The van der Waals surface area contributed by atoms with Gasteiger partial charge in [-0.2, -0.15) is 13.2 Å². The number of pyridine rings is 1. The Morgan fingerprint density at radius 1 is 1.16 bits per heavy atom. The van der Waals surface area contributed by atoms with Crippen molar-refractivity contribution < 1.29 is 13.2 Å². The number of rotatable bonds is 4. The lowest BCUT2D eigenvalue weighted by atomic mass is 10.2. The highest BCUT2D eigenvalue weighted by molar-refractivity contribution is 7.99. The van der Waals surface area contributed by atoms with Crippen LogP contribution in [0.2, 0.25) is 0 Å². The summed E-state index contributed by atoms with van der Waals surface area (Å²) >= 11 is 1.63. The molecule has 0 aliphatic heterocycles. The molecule has 130 valence electrons. The highest BCUT2D eigenvalue weighted by Crippen LogP contribution is 2.41. The van der Waals surface area contributed by atoms with E-state index in [1.807, 2.05) is 13.1 Å². The second kappa shape index (κ2) is 6.01. The molecule has 0 bridgehead atoms. The quantitative estimate of drug-likeness (QED) is 0.623. The summed E-state index contributed by atoms with van der Waals surface area (Å²) < 4.78 is 38.6. The first-order chi connectivity index (χ1) is 12.0. The van der Waals surface area contributed by atoms with Crippen molar-refractivity contribution in [1.82, 2.24) is 20.0 Å². The molecule has 0 atom stereocenters. The molecule has 4 nitrogen and oxygen atoms in total. The highest BCUT2D eigenvalue weighted by atomic mass is 32.2. The minimum absolute atomic E-state index is 0.204. The number of aromatic nitrogens is 4. The maximum Gasteiger partial charge on any atom is 0.416 e. The van der Waals surface area contributed by atoms with E-state index in [0.29, 0.717) is 17.3 Å². The van der Waals surface area contributed by atoms with E-state index in [9.17, 15) is 13.2 Å². The molecule has 0 radical (unpaired) electrons. The topological polar surface area (TPSA) is 43.6 Å². The minimum Gasteiger partial charge on any atom is -0.234 e. The average molecular weight is 364 g/mol. The van der Waals surface area contributed by atoms with Crippen molar-refractivity contribution in [3.05, 3.63) is 41.6 Å². The van der Waals surface area contributed by atoms with E-state index in [1.165, 1.54) is 29.3 Å². The van der Waals surface area contributed by atoms with Crippen molar-refractivity contribution >= 4 is 22.8 Å². The first kappa shape index (κ1) is 16.4. The number of hydrogen-bond donors (Lipinski definition) is 0. The van der Waals surface area contributed by atoms with Crippen LogP contribution in [0.5, 0.6) is 0 Å². The molecule has 1 fully saturated rings. The monoisotopic (exact) mass is 364 g/mol. The van der Waals surface area contributed by atoms with Crippen LogP contribution < -0.4 is 0 Å². The van der Waals surface area contributed by atoms with Crippen LogP contribution in [-0.2, 0) is 6.18 Å². The molecular weight excluding hydrogens is 349 g/mol. The molecule has 0 amide bonds. The highest BCUT2D eigenvalue weighted by Gasteiger charge is 2.31. The zero-order valence-electron chi connectivity index (χ0n) is 13.4. The summed E-state index contributed by atoms with van der Waals surface area (Å²) in [5.41, 5.74) is 1.09. The fourth-order valence-electron chi connectivity index (χ4n) is 2.69. The number of thioether (sulfide) groups is 1. The lowest BCUT2D eigenvalue weighted by Gasteiger charge is -2.08. The summed E-state index contributed by atoms with van der Waals surface area (Å²) in [6.45, 7) is 2.04. The fourth-order valence-corrected chi connectivity index (χ4v) is 3.48. The predicted octanol–water partition coefficient (Wildman–Crippen LogP) is 4.82. The maximum absolute atomic E-state index is 12.9. The van der Waals surface area contributed by atoms with Gasteiger partial charge >= 0.3 is 6.18 Å². The van der Waals surface area contributed by atoms with Gasteiger partial charge in [0.15, 0.2) is 5.82 Å². The van der Waals surface area contributed by atoms with E-state index in [2.05, 4.69) is 21.2 Å². The SMILES string of the molecule is CCSc1cc(C2CC2)cnc1-n1nc2ccc(C(F)(F)F)cc2n1. The van der Waals surface area contributed by atoms with Gasteiger partial charge in [0.1, 0.15) is 11.0 Å². The van der Waals surface area contributed by atoms with Crippen LogP contribution in [0, 0.1) is 0 Å². The summed E-state index contributed by atoms with van der Waals surface area (Å²) in [6, 6.07) is 5.48. The summed E-state index contributed by atoms with van der Waals surface area (Å²) in [4.78, 5) is 6.77. The van der Waals surface area contributed by atoms with Gasteiger partial charge in [-0.25, -0.2) is 4.98 Å². The van der Waals surface area contributed by atoms with Crippen LogP contribution in [0.25, 0.3) is 16.9 Å². The van der Waals surface area contributed by atoms with E-state index < -0.39 is 11.7 Å². The van der Waals surface area contributed by atoms with Gasteiger partial charge in [-0.15, -0.1) is 26.8 Å².